The number of amides is 5. The lowest BCUT2D eigenvalue weighted by molar-refractivity contribution is -0.120. The standard InChI is InChI=1S/C29H30FN7O4.C24H22FN7O2/c1-17(38)32-19-8-6-11-35(15-19)24-10-12-37(34-24)23-13-21(25-18(14-31)7-5-9-20(25)30)33-22-16-36(27(39)26(22)23)28(40)41-29(2,3)4;1-14(33)28-16-5-3-8-31(13-16)21-7-9-32(30-21)20-10-18(29-19-12-27-24(34)23(19)20)22-15(11-26)4-2-6-17(22)25/h5,7,9-10,12-13,19H,6,8,11,15-16H2,1-4H3,(H,32,38);2,4,6-7,9-10,16H,3,5,8,12-13H2,1H3,(H,27,34)(H,28,33). The SMILES string of the molecule is CC(=O)NC1CCCN(c2ccn(-c3cc(-c4c(F)cccc4C#N)nc4c3C(=O)N(C(=O)OC(C)(C)C)C4)n2)C1.CC(=O)NC1CCCN(c2ccn(-c3cc(-c4c(F)cccc4C#N)nc4c3C(=O)NC4)n2)C1. The van der Waals surface area contributed by atoms with Gasteiger partial charge >= 0.3 is 6.09 Å². The molecule has 4 aliphatic rings. The topological polar surface area (TPSA) is 249 Å². The van der Waals surface area contributed by atoms with Gasteiger partial charge in [-0.25, -0.2) is 37.8 Å². The third kappa shape index (κ3) is 10.7. The van der Waals surface area contributed by atoms with Crippen LogP contribution in [0.5, 0.6) is 0 Å². The van der Waals surface area contributed by atoms with Crippen LogP contribution in [0.15, 0.2) is 73.1 Å². The van der Waals surface area contributed by atoms with Gasteiger partial charge in [0.1, 0.15) is 17.2 Å². The number of nitrogens with zero attached hydrogens (tertiary/aromatic N) is 11. The second kappa shape index (κ2) is 20.8. The number of benzene rings is 2. The number of rotatable bonds is 8. The molecule has 20 nitrogen and oxygen atoms in total. The van der Waals surface area contributed by atoms with Crippen molar-refractivity contribution in [1.29, 1.82) is 10.5 Å². The van der Waals surface area contributed by atoms with Crippen molar-refractivity contribution < 1.29 is 37.5 Å². The molecule has 0 bridgehead atoms. The first kappa shape index (κ1) is 50.9. The molecule has 6 aromatic rings. The molecule has 2 atom stereocenters. The molecule has 75 heavy (non-hydrogen) atoms. The van der Waals surface area contributed by atoms with Crippen molar-refractivity contribution >= 4 is 41.4 Å². The number of fused-ring (bicyclic) bond motifs is 2. The molecule has 0 aliphatic carbocycles. The van der Waals surface area contributed by atoms with Gasteiger partial charge in [0, 0.05) is 76.6 Å². The minimum Gasteiger partial charge on any atom is -0.443 e. The van der Waals surface area contributed by atoms with Crippen molar-refractivity contribution in [2.45, 2.75) is 91.1 Å². The van der Waals surface area contributed by atoms with Gasteiger partial charge in [-0.05, 0) is 82.9 Å². The van der Waals surface area contributed by atoms with Gasteiger partial charge in [-0.2, -0.15) is 20.7 Å². The van der Waals surface area contributed by atoms with Crippen LogP contribution in [0.2, 0.25) is 0 Å². The van der Waals surface area contributed by atoms with E-state index in [9.17, 15) is 38.9 Å². The molecular formula is C53H52F2N14O6. The fourth-order valence-corrected chi connectivity index (χ4v) is 9.75. The van der Waals surface area contributed by atoms with E-state index in [0.717, 1.165) is 43.7 Å². The Bertz CT molecular complexity index is 3370. The first-order valence-corrected chi connectivity index (χ1v) is 24.3. The Balaban J connectivity index is 0.000000187. The monoisotopic (exact) mass is 1020 g/mol. The molecule has 0 radical (unpaired) electrons. The van der Waals surface area contributed by atoms with Gasteiger partial charge in [-0.1, -0.05) is 12.1 Å². The summed E-state index contributed by atoms with van der Waals surface area (Å²) in [6, 6.07) is 19.2. The molecule has 5 amide bonds. The summed E-state index contributed by atoms with van der Waals surface area (Å²) in [6.07, 6.45) is 6.13. The second-order valence-electron chi connectivity index (χ2n) is 19.5. The summed E-state index contributed by atoms with van der Waals surface area (Å²) in [5, 5.41) is 37.2. The van der Waals surface area contributed by atoms with Crippen molar-refractivity contribution in [3.8, 4) is 46.0 Å². The van der Waals surface area contributed by atoms with Crippen LogP contribution in [0.3, 0.4) is 0 Å². The normalized spacial score (nSPS) is 16.9. The van der Waals surface area contributed by atoms with Crippen molar-refractivity contribution in [3.63, 3.8) is 0 Å². The number of halogens is 2. The Morgan fingerprint density at radius 3 is 1.69 bits per heavy atom. The van der Waals surface area contributed by atoms with E-state index < -0.39 is 29.2 Å². The first-order chi connectivity index (χ1) is 35.9. The molecule has 4 aliphatic heterocycles. The van der Waals surface area contributed by atoms with Crippen molar-refractivity contribution in [3.05, 3.63) is 118 Å². The zero-order chi connectivity index (χ0) is 53.3. The Kier molecular flexibility index (Phi) is 14.1. The number of carbonyl (C=O) groups is 5. The Labute approximate surface area is 429 Å². The molecule has 2 unspecified atom stereocenters. The average molecular weight is 1020 g/mol. The number of piperidine rings is 2. The number of anilines is 2. The number of nitrogens with one attached hydrogen (secondary N) is 3. The minimum absolute atomic E-state index is 0.0104. The number of nitriles is 2. The quantitative estimate of drug-likeness (QED) is 0.153. The largest absolute Gasteiger partial charge is 0.443 e. The summed E-state index contributed by atoms with van der Waals surface area (Å²) in [4.78, 5) is 76.2. The highest BCUT2D eigenvalue weighted by molar-refractivity contribution is 6.09. The van der Waals surface area contributed by atoms with Crippen LogP contribution >= 0.6 is 0 Å². The van der Waals surface area contributed by atoms with Crippen LogP contribution in [0.1, 0.15) is 104 Å². The maximum atomic E-state index is 15.0. The molecule has 2 fully saturated rings. The third-order valence-electron chi connectivity index (χ3n) is 12.9. The van der Waals surface area contributed by atoms with E-state index in [1.165, 1.54) is 61.0 Å². The molecule has 22 heteroatoms. The Morgan fingerprint density at radius 1 is 0.720 bits per heavy atom. The number of imide groups is 1. The van der Waals surface area contributed by atoms with E-state index in [0.29, 0.717) is 41.7 Å². The summed E-state index contributed by atoms with van der Waals surface area (Å²) in [5.41, 5.74) is 1.87. The highest BCUT2D eigenvalue weighted by atomic mass is 19.1. The number of aromatic nitrogens is 6. The highest BCUT2D eigenvalue weighted by Crippen LogP contribution is 2.36. The minimum atomic E-state index is -0.831. The van der Waals surface area contributed by atoms with E-state index in [-0.39, 0.29) is 93.5 Å². The molecule has 4 aromatic heterocycles. The van der Waals surface area contributed by atoms with Crippen molar-refractivity contribution in [1.82, 2.24) is 50.4 Å². The van der Waals surface area contributed by atoms with Crippen molar-refractivity contribution in [2.75, 3.05) is 36.0 Å². The zero-order valence-corrected chi connectivity index (χ0v) is 41.8. The fourth-order valence-electron chi connectivity index (χ4n) is 9.75. The highest BCUT2D eigenvalue weighted by Gasteiger charge is 2.40. The smallest absolute Gasteiger partial charge is 0.417 e. The molecule has 2 saturated heterocycles. The van der Waals surface area contributed by atoms with Crippen LogP contribution in [0, 0.1) is 34.3 Å². The van der Waals surface area contributed by atoms with Gasteiger partial charge in [0.2, 0.25) is 11.8 Å². The molecule has 0 saturated carbocycles. The lowest BCUT2D eigenvalue weighted by atomic mass is 10.0. The first-order valence-electron chi connectivity index (χ1n) is 24.3. The predicted molar refractivity (Wildman–Crippen MR) is 268 cm³/mol. The average Bonchev–Trinajstić information content (AvgIpc) is 4.21. The molecular weight excluding hydrogens is 967 g/mol. The third-order valence-corrected chi connectivity index (χ3v) is 12.9. The number of hydrogen-bond donors (Lipinski definition) is 3. The fraction of sp³-hybridized carbons (Fsp3) is 0.340. The van der Waals surface area contributed by atoms with Gasteiger partial charge in [-0.15, -0.1) is 0 Å². The van der Waals surface area contributed by atoms with Crippen LogP contribution in [0.4, 0.5) is 25.2 Å². The van der Waals surface area contributed by atoms with Gasteiger partial charge in [0.25, 0.3) is 11.8 Å². The van der Waals surface area contributed by atoms with Gasteiger partial charge in [0.15, 0.2) is 11.6 Å². The Morgan fingerprint density at radius 2 is 1.21 bits per heavy atom. The molecule has 8 heterocycles. The van der Waals surface area contributed by atoms with E-state index in [4.69, 9.17) is 14.9 Å². The number of carbonyl (C=O) groups excluding carboxylic acids is 5. The molecule has 2 aromatic carbocycles. The van der Waals surface area contributed by atoms with E-state index in [1.54, 1.807) is 50.0 Å². The Hall–Kier alpha value is -9.05. The molecule has 0 spiro atoms. The van der Waals surface area contributed by atoms with Gasteiger partial charge in [-0.3, -0.25) is 19.2 Å². The van der Waals surface area contributed by atoms with Crippen LogP contribution in [-0.4, -0.2) is 108 Å². The van der Waals surface area contributed by atoms with E-state index in [1.807, 2.05) is 23.1 Å². The number of hydrogen-bond acceptors (Lipinski definition) is 14. The molecule has 384 valence electrons. The van der Waals surface area contributed by atoms with Crippen LogP contribution in [0.25, 0.3) is 33.9 Å². The number of ether oxygens (including phenoxy) is 1. The lowest BCUT2D eigenvalue weighted by Gasteiger charge is -2.33. The molecule has 3 N–H and O–H groups in total. The van der Waals surface area contributed by atoms with Crippen LogP contribution < -0.4 is 25.8 Å². The van der Waals surface area contributed by atoms with Crippen LogP contribution in [-0.2, 0) is 27.4 Å². The van der Waals surface area contributed by atoms with Gasteiger partial charge < -0.3 is 30.5 Å². The lowest BCUT2D eigenvalue weighted by Crippen LogP contribution is -2.47. The summed E-state index contributed by atoms with van der Waals surface area (Å²) in [6.45, 7) is 10.9. The van der Waals surface area contributed by atoms with E-state index >= 15 is 4.39 Å². The zero-order valence-electron chi connectivity index (χ0n) is 41.8. The number of pyridine rings is 2. The summed E-state index contributed by atoms with van der Waals surface area (Å²) < 4.78 is 38.3. The molecule has 10 rings (SSSR count). The van der Waals surface area contributed by atoms with E-state index in [2.05, 4.69) is 30.8 Å². The van der Waals surface area contributed by atoms with Crippen molar-refractivity contribution in [2.24, 2.45) is 0 Å². The summed E-state index contributed by atoms with van der Waals surface area (Å²) in [5.74, 6) is -0.915. The summed E-state index contributed by atoms with van der Waals surface area (Å²) >= 11 is 0. The maximum absolute atomic E-state index is 15.0. The maximum Gasteiger partial charge on any atom is 0.417 e. The summed E-state index contributed by atoms with van der Waals surface area (Å²) in [7, 11) is 0. The van der Waals surface area contributed by atoms with Gasteiger partial charge in [0.05, 0.1) is 92.8 Å². The second-order valence-corrected chi connectivity index (χ2v) is 19.5. The predicted octanol–water partition coefficient (Wildman–Crippen LogP) is 6.23.